The number of piperidine rings is 1. The number of para-hydroxylation sites is 1. The zero-order chi connectivity index (χ0) is 22.1. The summed E-state index contributed by atoms with van der Waals surface area (Å²) in [5.41, 5.74) is 1.93. The van der Waals surface area contributed by atoms with E-state index in [0.29, 0.717) is 48.1 Å². The molecule has 0 saturated carbocycles. The van der Waals surface area contributed by atoms with Gasteiger partial charge in [0.1, 0.15) is 5.52 Å². The van der Waals surface area contributed by atoms with Crippen LogP contribution in [0.2, 0.25) is 5.15 Å². The number of carboxylic acid groups (broad SMARTS) is 1. The summed E-state index contributed by atoms with van der Waals surface area (Å²) in [6.45, 7) is 3.00. The van der Waals surface area contributed by atoms with Crippen molar-refractivity contribution < 1.29 is 19.4 Å². The van der Waals surface area contributed by atoms with E-state index in [9.17, 15) is 14.7 Å². The van der Waals surface area contributed by atoms with Crippen LogP contribution in [-0.4, -0.2) is 69.3 Å². The number of rotatable bonds is 6. The summed E-state index contributed by atoms with van der Waals surface area (Å²) < 4.78 is 5.63. The van der Waals surface area contributed by atoms with Crippen LogP contribution in [0.5, 0.6) is 0 Å². The summed E-state index contributed by atoms with van der Waals surface area (Å²) in [6.07, 6.45) is 0.975. The van der Waals surface area contributed by atoms with Gasteiger partial charge < -0.3 is 30.0 Å². The van der Waals surface area contributed by atoms with Crippen molar-refractivity contribution in [1.29, 1.82) is 0 Å². The summed E-state index contributed by atoms with van der Waals surface area (Å²) in [4.78, 5) is 40.8. The maximum absolute atomic E-state index is 12.6. The number of H-pyrrole nitrogens is 2. The Hall–Kier alpha value is -3.11. The van der Waals surface area contributed by atoms with Crippen molar-refractivity contribution in [2.24, 2.45) is 0 Å². The maximum atomic E-state index is 12.6. The van der Waals surface area contributed by atoms with Gasteiger partial charge in [-0.15, -0.1) is 0 Å². The number of hydrogen-bond acceptors (Lipinski definition) is 6. The van der Waals surface area contributed by atoms with E-state index in [1.165, 1.54) is 6.07 Å². The molecule has 1 aromatic carbocycles. The summed E-state index contributed by atoms with van der Waals surface area (Å²) in [7, 11) is 1.59. The SMILES string of the molecule is CCc1[nH]c(C(=O)N[C@H]2CCN(c3nc4c(C(=O)O)cccc4[nH]3)C[C@H]2OC)nc1Cl. The highest BCUT2D eigenvalue weighted by Gasteiger charge is 2.32. The number of nitrogens with zero attached hydrogens (tertiary/aromatic N) is 3. The van der Waals surface area contributed by atoms with Gasteiger partial charge in [0.15, 0.2) is 11.0 Å². The van der Waals surface area contributed by atoms with E-state index in [-0.39, 0.29) is 29.4 Å². The fourth-order valence-electron chi connectivity index (χ4n) is 3.82. The molecule has 1 fully saturated rings. The number of amides is 1. The molecule has 10 nitrogen and oxygen atoms in total. The molecule has 0 unspecified atom stereocenters. The average Bonchev–Trinajstić information content (AvgIpc) is 3.36. The monoisotopic (exact) mass is 446 g/mol. The number of aryl methyl sites for hydroxylation is 1. The molecule has 164 valence electrons. The van der Waals surface area contributed by atoms with Crippen LogP contribution in [0, 0.1) is 0 Å². The van der Waals surface area contributed by atoms with E-state index in [4.69, 9.17) is 16.3 Å². The number of benzene rings is 1. The number of nitrogens with one attached hydrogen (secondary N) is 3. The summed E-state index contributed by atoms with van der Waals surface area (Å²) in [6, 6.07) is 4.78. The second-order valence-electron chi connectivity index (χ2n) is 7.36. The Labute approximate surface area is 183 Å². The zero-order valence-electron chi connectivity index (χ0n) is 17.1. The summed E-state index contributed by atoms with van der Waals surface area (Å²) >= 11 is 6.04. The van der Waals surface area contributed by atoms with Crippen LogP contribution >= 0.6 is 11.6 Å². The lowest BCUT2D eigenvalue weighted by Crippen LogP contribution is -2.55. The van der Waals surface area contributed by atoms with Gasteiger partial charge in [0.25, 0.3) is 5.91 Å². The number of carboxylic acids is 1. The fraction of sp³-hybridized carbons (Fsp3) is 0.400. The molecular formula is C20H23ClN6O4. The Morgan fingerprint density at radius 3 is 2.84 bits per heavy atom. The standard InChI is InChI=1S/C20H23ClN6O4/c1-3-11-16(21)26-17(22-11)18(28)23-12-7-8-27(9-14(12)31-2)20-24-13-6-4-5-10(19(29)30)15(13)25-20/h4-6,12,14H,3,7-9H2,1-2H3,(H,22,26)(H,23,28)(H,24,25)(H,29,30)/t12-,14+/m0/s1. The van der Waals surface area contributed by atoms with Crippen LogP contribution in [0.25, 0.3) is 11.0 Å². The number of methoxy groups -OCH3 is 1. The molecule has 0 bridgehead atoms. The number of hydrogen-bond donors (Lipinski definition) is 4. The lowest BCUT2D eigenvalue weighted by Gasteiger charge is -2.37. The molecule has 0 radical (unpaired) electrons. The quantitative estimate of drug-likeness (QED) is 0.455. The minimum Gasteiger partial charge on any atom is -0.478 e. The predicted octanol–water partition coefficient (Wildman–Crippen LogP) is 2.22. The van der Waals surface area contributed by atoms with Crippen LogP contribution < -0.4 is 10.2 Å². The number of aromatic carboxylic acids is 1. The van der Waals surface area contributed by atoms with Gasteiger partial charge in [-0.3, -0.25) is 4.79 Å². The van der Waals surface area contributed by atoms with Crippen LogP contribution in [-0.2, 0) is 11.2 Å². The highest BCUT2D eigenvalue weighted by molar-refractivity contribution is 6.30. The Morgan fingerprint density at radius 2 is 2.16 bits per heavy atom. The first-order valence-corrected chi connectivity index (χ1v) is 10.3. The van der Waals surface area contributed by atoms with Gasteiger partial charge in [0.05, 0.1) is 28.9 Å². The van der Waals surface area contributed by atoms with Crippen LogP contribution in [0.15, 0.2) is 18.2 Å². The normalized spacial score (nSPS) is 19.0. The number of imidazole rings is 2. The molecule has 1 saturated heterocycles. The first-order valence-electron chi connectivity index (χ1n) is 9.96. The van der Waals surface area contributed by atoms with E-state index in [2.05, 4.69) is 25.3 Å². The number of anilines is 1. The minimum atomic E-state index is -1.02. The molecule has 0 spiro atoms. The first kappa shape index (κ1) is 21.1. The van der Waals surface area contributed by atoms with Gasteiger partial charge in [-0.2, -0.15) is 0 Å². The largest absolute Gasteiger partial charge is 0.478 e. The number of carbonyl (C=O) groups excluding carboxylic acids is 1. The van der Waals surface area contributed by atoms with Gasteiger partial charge >= 0.3 is 5.97 Å². The molecule has 3 aromatic rings. The van der Waals surface area contributed by atoms with Crippen molar-refractivity contribution >= 4 is 40.5 Å². The van der Waals surface area contributed by atoms with Gasteiger partial charge in [-0.1, -0.05) is 24.6 Å². The van der Waals surface area contributed by atoms with Crippen molar-refractivity contribution in [2.75, 3.05) is 25.1 Å². The highest BCUT2D eigenvalue weighted by atomic mass is 35.5. The van der Waals surface area contributed by atoms with E-state index in [1.807, 2.05) is 11.8 Å². The van der Waals surface area contributed by atoms with Crippen molar-refractivity contribution in [3.05, 3.63) is 40.4 Å². The van der Waals surface area contributed by atoms with Crippen molar-refractivity contribution in [2.45, 2.75) is 31.9 Å². The number of aromatic nitrogens is 4. The molecule has 4 rings (SSSR count). The molecule has 3 heterocycles. The van der Waals surface area contributed by atoms with Gasteiger partial charge in [0.2, 0.25) is 5.95 Å². The van der Waals surface area contributed by atoms with Crippen molar-refractivity contribution in [3.8, 4) is 0 Å². The third kappa shape index (κ3) is 4.08. The molecular weight excluding hydrogens is 424 g/mol. The van der Waals surface area contributed by atoms with Gasteiger partial charge in [-0.05, 0) is 25.0 Å². The molecule has 2 aromatic heterocycles. The number of aromatic amines is 2. The molecule has 31 heavy (non-hydrogen) atoms. The third-order valence-corrected chi connectivity index (χ3v) is 5.82. The van der Waals surface area contributed by atoms with E-state index in [0.717, 1.165) is 5.69 Å². The Bertz CT molecular complexity index is 1130. The number of ether oxygens (including phenoxy) is 1. The highest BCUT2D eigenvalue weighted by Crippen LogP contribution is 2.24. The topological polar surface area (TPSA) is 136 Å². The second kappa shape index (κ2) is 8.56. The summed E-state index contributed by atoms with van der Waals surface area (Å²) in [5.74, 6) is -0.611. The lowest BCUT2D eigenvalue weighted by atomic mass is 10.0. The average molecular weight is 447 g/mol. The molecule has 1 amide bonds. The summed E-state index contributed by atoms with van der Waals surface area (Å²) in [5, 5.41) is 12.7. The maximum Gasteiger partial charge on any atom is 0.337 e. The molecule has 1 aliphatic rings. The van der Waals surface area contributed by atoms with Gasteiger partial charge in [0, 0.05) is 20.2 Å². The van der Waals surface area contributed by atoms with Crippen molar-refractivity contribution in [1.82, 2.24) is 25.3 Å². The van der Waals surface area contributed by atoms with Crippen LogP contribution in [0.1, 0.15) is 40.0 Å². The molecule has 4 N–H and O–H groups in total. The number of halogens is 1. The molecule has 2 atom stereocenters. The van der Waals surface area contributed by atoms with Crippen LogP contribution in [0.3, 0.4) is 0 Å². The van der Waals surface area contributed by atoms with E-state index >= 15 is 0 Å². The predicted molar refractivity (Wildman–Crippen MR) is 115 cm³/mol. The molecule has 1 aliphatic heterocycles. The third-order valence-electron chi connectivity index (χ3n) is 5.51. The molecule has 0 aliphatic carbocycles. The second-order valence-corrected chi connectivity index (χ2v) is 7.72. The van der Waals surface area contributed by atoms with Gasteiger partial charge in [-0.25, -0.2) is 14.8 Å². The Morgan fingerprint density at radius 1 is 1.35 bits per heavy atom. The first-order chi connectivity index (χ1) is 14.9. The Balaban J connectivity index is 1.48. The minimum absolute atomic E-state index is 0.147. The number of fused-ring (bicyclic) bond motifs is 1. The lowest BCUT2D eigenvalue weighted by molar-refractivity contribution is 0.0536. The number of carbonyl (C=O) groups is 2. The zero-order valence-corrected chi connectivity index (χ0v) is 17.9. The van der Waals surface area contributed by atoms with Crippen molar-refractivity contribution in [3.63, 3.8) is 0 Å². The fourth-order valence-corrected chi connectivity index (χ4v) is 4.09. The van der Waals surface area contributed by atoms with E-state index < -0.39 is 5.97 Å². The van der Waals surface area contributed by atoms with E-state index in [1.54, 1.807) is 19.2 Å². The Kier molecular flexibility index (Phi) is 5.84. The molecule has 11 heteroatoms. The smallest absolute Gasteiger partial charge is 0.337 e. The van der Waals surface area contributed by atoms with Crippen LogP contribution in [0.4, 0.5) is 5.95 Å².